The molecule has 1 amide bonds. The third kappa shape index (κ3) is 4.39. The van der Waals surface area contributed by atoms with Crippen molar-refractivity contribution in [3.05, 3.63) is 67.5 Å². The Labute approximate surface area is 223 Å². The summed E-state index contributed by atoms with van der Waals surface area (Å²) in [6.45, 7) is 0. The van der Waals surface area contributed by atoms with Crippen molar-refractivity contribution in [3.63, 3.8) is 0 Å². The van der Waals surface area contributed by atoms with E-state index < -0.39 is 0 Å². The summed E-state index contributed by atoms with van der Waals surface area (Å²) in [5.41, 5.74) is 6.93. The molecule has 10 heteroatoms. The van der Waals surface area contributed by atoms with Crippen LogP contribution < -0.4 is 5.32 Å². The molecule has 1 aliphatic carbocycles. The monoisotopic (exact) mass is 515 g/mol. The smallest absolute Gasteiger partial charge is 0.227 e. The van der Waals surface area contributed by atoms with Crippen LogP contribution in [0.15, 0.2) is 67.5 Å². The van der Waals surface area contributed by atoms with Gasteiger partial charge in [-0.15, -0.1) is 0 Å². The van der Waals surface area contributed by atoms with E-state index in [4.69, 9.17) is 4.98 Å². The van der Waals surface area contributed by atoms with Crippen LogP contribution in [0.5, 0.6) is 0 Å². The van der Waals surface area contributed by atoms with Crippen molar-refractivity contribution in [1.82, 2.24) is 40.1 Å². The highest BCUT2D eigenvalue weighted by Crippen LogP contribution is 2.32. The van der Waals surface area contributed by atoms with Gasteiger partial charge in [0, 0.05) is 53.6 Å². The highest BCUT2D eigenvalue weighted by Gasteiger charge is 2.21. The molecule has 0 bridgehead atoms. The maximum Gasteiger partial charge on any atom is 0.227 e. The number of nitrogens with zero attached hydrogens (tertiary/aromatic N) is 6. The molecule has 192 valence electrons. The highest BCUT2D eigenvalue weighted by atomic mass is 16.1. The topological polar surface area (TPSA) is 138 Å². The Morgan fingerprint density at radius 3 is 2.62 bits per heavy atom. The first kappa shape index (κ1) is 23.2. The number of H-pyrrole nitrogens is 2. The summed E-state index contributed by atoms with van der Waals surface area (Å²) in [6, 6.07) is 9.68. The number of aromatic nitrogens is 8. The number of rotatable bonds is 5. The first-order valence-electron chi connectivity index (χ1n) is 13.1. The van der Waals surface area contributed by atoms with Crippen molar-refractivity contribution >= 4 is 33.7 Å². The Morgan fingerprint density at radius 2 is 1.74 bits per heavy atom. The van der Waals surface area contributed by atoms with E-state index in [0.717, 1.165) is 64.5 Å². The second-order valence-electron chi connectivity index (χ2n) is 9.86. The summed E-state index contributed by atoms with van der Waals surface area (Å²) in [6.07, 6.45) is 15.8. The van der Waals surface area contributed by atoms with E-state index in [9.17, 15) is 4.79 Å². The number of nitrogens with one attached hydrogen (secondary N) is 3. The van der Waals surface area contributed by atoms with E-state index in [1.54, 1.807) is 37.2 Å². The summed E-state index contributed by atoms with van der Waals surface area (Å²) in [7, 11) is 0. The molecule has 0 aliphatic heterocycles. The summed E-state index contributed by atoms with van der Waals surface area (Å²) in [5.74, 6) is 0.760. The molecule has 3 N–H and O–H groups in total. The Morgan fingerprint density at radius 1 is 0.872 bits per heavy atom. The van der Waals surface area contributed by atoms with Gasteiger partial charge < -0.3 is 10.3 Å². The van der Waals surface area contributed by atoms with Crippen LogP contribution in [0.25, 0.3) is 56.0 Å². The zero-order valence-electron chi connectivity index (χ0n) is 21.1. The van der Waals surface area contributed by atoms with Gasteiger partial charge in [-0.05, 0) is 43.2 Å². The molecule has 1 fully saturated rings. The number of fused-ring (bicyclic) bond motifs is 2. The van der Waals surface area contributed by atoms with Gasteiger partial charge in [0.2, 0.25) is 5.91 Å². The van der Waals surface area contributed by atoms with Gasteiger partial charge in [0.1, 0.15) is 11.2 Å². The zero-order valence-corrected chi connectivity index (χ0v) is 21.1. The zero-order chi connectivity index (χ0) is 26.2. The van der Waals surface area contributed by atoms with Crippen LogP contribution in [-0.4, -0.2) is 46.0 Å². The maximum atomic E-state index is 12.8. The van der Waals surface area contributed by atoms with E-state index in [1.807, 2.05) is 30.3 Å². The number of pyridine rings is 4. The average molecular weight is 516 g/mol. The van der Waals surface area contributed by atoms with Crippen molar-refractivity contribution in [2.45, 2.75) is 32.1 Å². The normalized spacial score (nSPS) is 14.2. The lowest BCUT2D eigenvalue weighted by Crippen LogP contribution is -2.24. The van der Waals surface area contributed by atoms with Gasteiger partial charge in [0.25, 0.3) is 0 Å². The molecule has 0 atom stereocenters. The van der Waals surface area contributed by atoms with Gasteiger partial charge in [-0.25, -0.2) is 9.97 Å². The summed E-state index contributed by atoms with van der Waals surface area (Å²) < 4.78 is 0. The predicted molar refractivity (Wildman–Crippen MR) is 148 cm³/mol. The Hall–Kier alpha value is -4.99. The SMILES string of the molecule is O=C(Nc1cncc(-c2cnc3[nH]nc(-c4nc5c(-c6cccnc6)nccc5[nH]4)c3c2)c1)C1CCCCC1. The third-order valence-electron chi connectivity index (χ3n) is 7.29. The van der Waals surface area contributed by atoms with Crippen LogP contribution >= 0.6 is 0 Å². The second-order valence-corrected chi connectivity index (χ2v) is 9.86. The van der Waals surface area contributed by atoms with Crippen LogP contribution in [-0.2, 0) is 4.79 Å². The van der Waals surface area contributed by atoms with Crippen molar-refractivity contribution < 1.29 is 4.79 Å². The second kappa shape index (κ2) is 9.71. The fourth-order valence-electron chi connectivity index (χ4n) is 5.28. The molecule has 6 aromatic rings. The Kier molecular flexibility index (Phi) is 5.77. The molecule has 0 saturated heterocycles. The number of aromatic amines is 2. The lowest BCUT2D eigenvalue weighted by Gasteiger charge is -2.20. The molecular formula is C29H25N9O. The summed E-state index contributed by atoms with van der Waals surface area (Å²) >= 11 is 0. The van der Waals surface area contributed by atoms with Crippen LogP contribution in [0, 0.1) is 5.92 Å². The van der Waals surface area contributed by atoms with Gasteiger partial charge in [0.05, 0.1) is 28.5 Å². The molecule has 0 radical (unpaired) electrons. The number of imidazole rings is 1. The van der Waals surface area contributed by atoms with Crippen molar-refractivity contribution in [3.8, 4) is 33.9 Å². The van der Waals surface area contributed by atoms with E-state index >= 15 is 0 Å². The first-order valence-corrected chi connectivity index (χ1v) is 13.1. The fourth-order valence-corrected chi connectivity index (χ4v) is 5.28. The molecule has 39 heavy (non-hydrogen) atoms. The van der Waals surface area contributed by atoms with Gasteiger partial charge >= 0.3 is 0 Å². The molecular weight excluding hydrogens is 490 g/mol. The van der Waals surface area contributed by atoms with Gasteiger partial charge in [-0.2, -0.15) is 5.10 Å². The summed E-state index contributed by atoms with van der Waals surface area (Å²) in [5, 5.41) is 11.4. The predicted octanol–water partition coefficient (Wildman–Crippen LogP) is 5.54. The van der Waals surface area contributed by atoms with Crippen molar-refractivity contribution in [2.24, 2.45) is 5.92 Å². The molecule has 7 rings (SSSR count). The first-order chi connectivity index (χ1) is 19.2. The molecule has 0 spiro atoms. The minimum absolute atomic E-state index is 0.0735. The Balaban J connectivity index is 1.23. The molecule has 1 aliphatic rings. The molecule has 1 saturated carbocycles. The van der Waals surface area contributed by atoms with Gasteiger partial charge in [-0.3, -0.25) is 24.8 Å². The van der Waals surface area contributed by atoms with Crippen LogP contribution in [0.3, 0.4) is 0 Å². The quantitative estimate of drug-likeness (QED) is 0.274. The standard InChI is InChI=1S/C29H25N9O/c39-29(17-5-2-1-3-6-17)34-21-11-19(14-31-16-21)20-12-22-25(37-38-27(22)33-15-20)28-35-23-8-10-32-24(26(23)36-28)18-7-4-9-30-13-18/h4,7-17H,1-3,5-6H2,(H,34,39)(H,35,36)(H,33,37,38). The molecule has 0 aromatic carbocycles. The minimum Gasteiger partial charge on any atom is -0.336 e. The molecule has 6 aromatic heterocycles. The van der Waals surface area contributed by atoms with Crippen molar-refractivity contribution in [2.75, 3.05) is 5.32 Å². The van der Waals surface area contributed by atoms with Gasteiger partial charge in [0.15, 0.2) is 11.5 Å². The van der Waals surface area contributed by atoms with E-state index in [1.165, 1.54) is 6.42 Å². The Bertz CT molecular complexity index is 1800. The van der Waals surface area contributed by atoms with Gasteiger partial charge in [-0.1, -0.05) is 19.3 Å². The minimum atomic E-state index is 0.0735. The molecule has 0 unspecified atom stereocenters. The number of carbonyl (C=O) groups excluding carboxylic acids is 1. The lowest BCUT2D eigenvalue weighted by atomic mass is 9.88. The van der Waals surface area contributed by atoms with Crippen LogP contribution in [0.1, 0.15) is 32.1 Å². The largest absolute Gasteiger partial charge is 0.336 e. The number of carbonyl (C=O) groups is 1. The van der Waals surface area contributed by atoms with E-state index in [0.29, 0.717) is 22.9 Å². The molecule has 10 nitrogen and oxygen atoms in total. The highest BCUT2D eigenvalue weighted by molar-refractivity contribution is 5.96. The number of hydrogen-bond acceptors (Lipinski definition) is 7. The maximum absolute atomic E-state index is 12.8. The van der Waals surface area contributed by atoms with E-state index in [2.05, 4.69) is 40.4 Å². The lowest BCUT2D eigenvalue weighted by molar-refractivity contribution is -0.120. The van der Waals surface area contributed by atoms with Crippen LogP contribution in [0.4, 0.5) is 5.69 Å². The number of anilines is 1. The van der Waals surface area contributed by atoms with E-state index in [-0.39, 0.29) is 11.8 Å². The van der Waals surface area contributed by atoms with Crippen LogP contribution in [0.2, 0.25) is 0 Å². The summed E-state index contributed by atoms with van der Waals surface area (Å²) in [4.78, 5) is 38.7. The average Bonchev–Trinajstić information content (AvgIpc) is 3.62. The third-order valence-corrected chi connectivity index (χ3v) is 7.29. The number of amides is 1. The fraction of sp³-hybridized carbons (Fsp3) is 0.207. The molecule has 6 heterocycles. The number of hydrogen-bond donors (Lipinski definition) is 3. The van der Waals surface area contributed by atoms with Crippen molar-refractivity contribution in [1.29, 1.82) is 0 Å².